The summed E-state index contributed by atoms with van der Waals surface area (Å²) in [6, 6.07) is 6.37. The van der Waals surface area contributed by atoms with Crippen molar-refractivity contribution in [1.29, 1.82) is 0 Å². The minimum absolute atomic E-state index is 0.178. The fourth-order valence-corrected chi connectivity index (χ4v) is 5.82. The van der Waals surface area contributed by atoms with Gasteiger partial charge in [-0.2, -0.15) is 0 Å². The number of benzene rings is 1. The van der Waals surface area contributed by atoms with Crippen LogP contribution in [0.2, 0.25) is 5.02 Å². The standard InChI is InChI=1S/C26H39ClN4O4/c1-26(2,3)35-25(34)31-10-4-5-22(31)19-8-11-29(12-9-19)23-17-21(27)7-6-20(23)18-28-13-15-30(16-14-28)24(32)33/h6-7,17,19,22H,4-5,8-16,18H2,1-3H3,(H,32,33). The second-order valence-corrected chi connectivity index (χ2v) is 11.5. The van der Waals surface area contributed by atoms with Crippen LogP contribution in [0.15, 0.2) is 18.2 Å². The number of rotatable bonds is 4. The summed E-state index contributed by atoms with van der Waals surface area (Å²) >= 11 is 6.40. The Morgan fingerprint density at radius 2 is 1.71 bits per heavy atom. The monoisotopic (exact) mass is 506 g/mol. The van der Waals surface area contributed by atoms with Crippen molar-refractivity contribution in [3.8, 4) is 0 Å². The number of carbonyl (C=O) groups excluding carboxylic acids is 1. The SMILES string of the molecule is CC(C)(C)OC(=O)N1CCCC1C1CCN(c2cc(Cl)ccc2CN2CCN(C(=O)O)CC2)CC1. The number of ether oxygens (including phenoxy) is 1. The van der Waals surface area contributed by atoms with E-state index in [1.807, 2.05) is 31.7 Å². The predicted molar refractivity (Wildman–Crippen MR) is 137 cm³/mol. The highest BCUT2D eigenvalue weighted by Crippen LogP contribution is 2.35. The maximum Gasteiger partial charge on any atom is 0.410 e. The molecule has 3 aliphatic rings. The summed E-state index contributed by atoms with van der Waals surface area (Å²) in [4.78, 5) is 32.2. The number of hydrogen-bond donors (Lipinski definition) is 1. The van der Waals surface area contributed by atoms with E-state index in [1.54, 1.807) is 0 Å². The number of carbonyl (C=O) groups is 2. The van der Waals surface area contributed by atoms with Crippen molar-refractivity contribution in [2.24, 2.45) is 5.92 Å². The van der Waals surface area contributed by atoms with E-state index >= 15 is 0 Å². The first-order valence-electron chi connectivity index (χ1n) is 12.8. The van der Waals surface area contributed by atoms with E-state index in [2.05, 4.69) is 21.9 Å². The lowest BCUT2D eigenvalue weighted by Gasteiger charge is -2.40. The fraction of sp³-hybridized carbons (Fsp3) is 0.692. The molecule has 1 aromatic rings. The molecule has 9 heteroatoms. The van der Waals surface area contributed by atoms with E-state index < -0.39 is 11.7 Å². The lowest BCUT2D eigenvalue weighted by atomic mass is 9.87. The summed E-state index contributed by atoms with van der Waals surface area (Å²) in [6.07, 6.45) is 3.14. The number of halogens is 1. The van der Waals surface area contributed by atoms with Crippen LogP contribution in [0.1, 0.15) is 52.0 Å². The van der Waals surface area contributed by atoms with E-state index in [4.69, 9.17) is 16.3 Å². The first-order valence-corrected chi connectivity index (χ1v) is 13.2. The van der Waals surface area contributed by atoms with Gasteiger partial charge in [0.15, 0.2) is 0 Å². The largest absolute Gasteiger partial charge is 0.465 e. The summed E-state index contributed by atoms with van der Waals surface area (Å²) in [5.74, 6) is 0.480. The molecule has 1 N–H and O–H groups in total. The molecule has 194 valence electrons. The zero-order chi connectivity index (χ0) is 25.2. The van der Waals surface area contributed by atoms with Gasteiger partial charge in [0.1, 0.15) is 5.60 Å². The number of piperidine rings is 1. The second-order valence-electron chi connectivity index (χ2n) is 11.0. The van der Waals surface area contributed by atoms with E-state index in [1.165, 1.54) is 16.2 Å². The molecule has 1 aromatic carbocycles. The number of hydrogen-bond acceptors (Lipinski definition) is 5. The molecule has 3 aliphatic heterocycles. The van der Waals surface area contributed by atoms with Gasteiger partial charge in [0.2, 0.25) is 0 Å². The number of piperazine rings is 1. The first kappa shape index (κ1) is 25.9. The van der Waals surface area contributed by atoms with Crippen LogP contribution < -0.4 is 4.90 Å². The fourth-order valence-electron chi connectivity index (χ4n) is 5.66. The molecule has 2 amide bonds. The van der Waals surface area contributed by atoms with Crippen molar-refractivity contribution in [1.82, 2.24) is 14.7 Å². The van der Waals surface area contributed by atoms with Gasteiger partial charge in [0.25, 0.3) is 0 Å². The molecule has 3 fully saturated rings. The van der Waals surface area contributed by atoms with Crippen molar-refractivity contribution in [3.63, 3.8) is 0 Å². The maximum absolute atomic E-state index is 12.8. The highest BCUT2D eigenvalue weighted by molar-refractivity contribution is 6.30. The summed E-state index contributed by atoms with van der Waals surface area (Å²) < 4.78 is 5.68. The van der Waals surface area contributed by atoms with Gasteiger partial charge in [-0.1, -0.05) is 17.7 Å². The molecular weight excluding hydrogens is 468 g/mol. The third-order valence-corrected chi connectivity index (χ3v) is 7.67. The van der Waals surface area contributed by atoms with Crippen LogP contribution in [0.5, 0.6) is 0 Å². The Morgan fingerprint density at radius 3 is 2.34 bits per heavy atom. The number of nitrogens with zero attached hydrogens (tertiary/aromatic N) is 4. The van der Waals surface area contributed by atoms with Gasteiger partial charge in [0, 0.05) is 69.1 Å². The summed E-state index contributed by atoms with van der Waals surface area (Å²) in [5, 5.41) is 9.94. The molecule has 1 atom stereocenters. The zero-order valence-corrected chi connectivity index (χ0v) is 22.0. The van der Waals surface area contributed by atoms with Gasteiger partial charge in [-0.15, -0.1) is 0 Å². The van der Waals surface area contributed by atoms with E-state index in [9.17, 15) is 14.7 Å². The van der Waals surface area contributed by atoms with Crippen LogP contribution >= 0.6 is 11.6 Å². The average Bonchev–Trinajstić information content (AvgIpc) is 3.30. The third-order valence-electron chi connectivity index (χ3n) is 7.44. The molecule has 0 bridgehead atoms. The average molecular weight is 507 g/mol. The number of anilines is 1. The van der Waals surface area contributed by atoms with E-state index in [0.29, 0.717) is 19.0 Å². The van der Waals surface area contributed by atoms with Gasteiger partial charge in [-0.25, -0.2) is 9.59 Å². The van der Waals surface area contributed by atoms with Crippen LogP contribution in [0.25, 0.3) is 0 Å². The Kier molecular flexibility index (Phi) is 8.01. The van der Waals surface area contributed by atoms with Crippen LogP contribution in [-0.2, 0) is 11.3 Å². The summed E-state index contributed by atoms with van der Waals surface area (Å²) in [7, 11) is 0. The lowest BCUT2D eigenvalue weighted by Crippen LogP contribution is -2.48. The molecule has 4 rings (SSSR count). The van der Waals surface area contributed by atoms with E-state index in [0.717, 1.165) is 70.0 Å². The molecule has 0 saturated carbocycles. The van der Waals surface area contributed by atoms with Crippen LogP contribution in [0, 0.1) is 5.92 Å². The molecule has 0 aliphatic carbocycles. The first-order chi connectivity index (χ1) is 16.6. The van der Waals surface area contributed by atoms with Crippen LogP contribution in [0.4, 0.5) is 15.3 Å². The summed E-state index contributed by atoms with van der Waals surface area (Å²) in [5.41, 5.74) is 1.93. The minimum atomic E-state index is -0.841. The van der Waals surface area contributed by atoms with Crippen LogP contribution in [0.3, 0.4) is 0 Å². The lowest BCUT2D eigenvalue weighted by molar-refractivity contribution is 0.0164. The molecule has 0 radical (unpaired) electrons. The second kappa shape index (κ2) is 10.8. The van der Waals surface area contributed by atoms with Gasteiger partial charge in [-0.05, 0) is 70.1 Å². The topological polar surface area (TPSA) is 76.6 Å². The smallest absolute Gasteiger partial charge is 0.410 e. The van der Waals surface area contributed by atoms with Crippen molar-refractivity contribution < 1.29 is 19.4 Å². The summed E-state index contributed by atoms with van der Waals surface area (Å²) in [6.45, 7) is 11.8. The Bertz CT molecular complexity index is 905. The Hall–Kier alpha value is -2.19. The van der Waals surface area contributed by atoms with Gasteiger partial charge < -0.3 is 24.5 Å². The third kappa shape index (κ3) is 6.53. The predicted octanol–water partition coefficient (Wildman–Crippen LogP) is 4.75. The van der Waals surface area contributed by atoms with Crippen molar-refractivity contribution in [3.05, 3.63) is 28.8 Å². The van der Waals surface area contributed by atoms with Gasteiger partial charge >= 0.3 is 12.2 Å². The van der Waals surface area contributed by atoms with Gasteiger partial charge in [-0.3, -0.25) is 4.90 Å². The van der Waals surface area contributed by atoms with Crippen molar-refractivity contribution >= 4 is 29.5 Å². The molecular formula is C26H39ClN4O4. The zero-order valence-electron chi connectivity index (χ0n) is 21.2. The van der Waals surface area contributed by atoms with Crippen LogP contribution in [-0.4, -0.2) is 89.4 Å². The molecule has 3 heterocycles. The Balaban J connectivity index is 1.37. The quantitative estimate of drug-likeness (QED) is 0.635. The highest BCUT2D eigenvalue weighted by atomic mass is 35.5. The Morgan fingerprint density at radius 1 is 1.03 bits per heavy atom. The van der Waals surface area contributed by atoms with Crippen molar-refractivity contribution in [2.75, 3.05) is 50.7 Å². The molecule has 35 heavy (non-hydrogen) atoms. The minimum Gasteiger partial charge on any atom is -0.465 e. The molecule has 8 nitrogen and oxygen atoms in total. The Labute approximate surface area is 213 Å². The van der Waals surface area contributed by atoms with Crippen molar-refractivity contribution in [2.45, 2.75) is 64.6 Å². The number of amides is 2. The maximum atomic E-state index is 12.8. The highest BCUT2D eigenvalue weighted by Gasteiger charge is 2.38. The molecule has 0 spiro atoms. The van der Waals surface area contributed by atoms with Gasteiger partial charge in [0.05, 0.1) is 0 Å². The molecule has 1 unspecified atom stereocenters. The molecule has 3 saturated heterocycles. The molecule has 0 aromatic heterocycles. The normalized spacial score (nSPS) is 22.5. The van der Waals surface area contributed by atoms with E-state index in [-0.39, 0.29) is 12.1 Å². The number of carboxylic acid groups (broad SMARTS) is 1. The number of likely N-dealkylation sites (tertiary alicyclic amines) is 1.